The third kappa shape index (κ3) is 7.34. The summed E-state index contributed by atoms with van der Waals surface area (Å²) in [4.78, 5) is 28.9. The molecule has 36 heavy (non-hydrogen) atoms. The van der Waals surface area contributed by atoms with E-state index in [4.69, 9.17) is 16.3 Å². The third-order valence-corrected chi connectivity index (χ3v) is 6.80. The molecule has 0 heterocycles. The normalized spacial score (nSPS) is 14.3. The van der Waals surface area contributed by atoms with Crippen molar-refractivity contribution < 1.29 is 14.3 Å². The average Bonchev–Trinajstić information content (AvgIpc) is 3.38. The van der Waals surface area contributed by atoms with E-state index in [-0.39, 0.29) is 31.0 Å². The minimum Gasteiger partial charge on any atom is -0.484 e. The maximum Gasteiger partial charge on any atom is 0.261 e. The number of hydrogen-bond donors (Lipinski definition) is 1. The van der Waals surface area contributed by atoms with E-state index in [0.717, 1.165) is 42.4 Å². The summed E-state index contributed by atoms with van der Waals surface area (Å²) >= 11 is 6.24. The van der Waals surface area contributed by atoms with Gasteiger partial charge in [0.2, 0.25) is 5.91 Å². The minimum atomic E-state index is -0.680. The number of nitrogens with one attached hydrogen (secondary N) is 1. The van der Waals surface area contributed by atoms with E-state index in [9.17, 15) is 9.59 Å². The molecule has 0 spiro atoms. The van der Waals surface area contributed by atoms with Crippen molar-refractivity contribution >= 4 is 23.4 Å². The van der Waals surface area contributed by atoms with Crippen LogP contribution in [0.5, 0.6) is 5.75 Å². The van der Waals surface area contributed by atoms with Crippen molar-refractivity contribution in [3.8, 4) is 5.75 Å². The summed E-state index contributed by atoms with van der Waals surface area (Å²) in [6, 6.07) is 24.3. The Morgan fingerprint density at radius 2 is 1.69 bits per heavy atom. The molecule has 3 aromatic rings. The predicted octanol–water partition coefficient (Wildman–Crippen LogP) is 5.73. The van der Waals surface area contributed by atoms with Crippen LogP contribution in [0.4, 0.5) is 0 Å². The minimum absolute atomic E-state index is 0.128. The lowest BCUT2D eigenvalue weighted by atomic mass is 10.0. The summed E-state index contributed by atoms with van der Waals surface area (Å²) in [5, 5.41) is 3.80. The van der Waals surface area contributed by atoms with E-state index in [1.807, 2.05) is 79.7 Å². The zero-order valence-corrected chi connectivity index (χ0v) is 21.4. The van der Waals surface area contributed by atoms with Gasteiger partial charge in [0.25, 0.3) is 5.91 Å². The van der Waals surface area contributed by atoms with Crippen LogP contribution in [0, 0.1) is 6.92 Å². The Morgan fingerprint density at radius 1 is 0.972 bits per heavy atom. The zero-order valence-electron chi connectivity index (χ0n) is 20.7. The smallest absolute Gasteiger partial charge is 0.261 e. The Hall–Kier alpha value is -3.31. The molecule has 0 radical (unpaired) electrons. The number of aryl methyl sites for hydroxylation is 1. The molecule has 0 bridgehead atoms. The van der Waals surface area contributed by atoms with Crippen LogP contribution in [0.25, 0.3) is 0 Å². The second-order valence-corrected chi connectivity index (χ2v) is 9.89. The molecule has 1 aliphatic carbocycles. The first kappa shape index (κ1) is 25.8. The van der Waals surface area contributed by atoms with Gasteiger partial charge in [-0.15, -0.1) is 0 Å². The first-order valence-corrected chi connectivity index (χ1v) is 12.9. The van der Waals surface area contributed by atoms with Gasteiger partial charge in [0.05, 0.1) is 0 Å². The molecule has 1 aliphatic rings. The highest BCUT2D eigenvalue weighted by Crippen LogP contribution is 2.21. The highest BCUT2D eigenvalue weighted by Gasteiger charge is 2.32. The van der Waals surface area contributed by atoms with Crippen LogP contribution in [0.2, 0.25) is 5.02 Å². The van der Waals surface area contributed by atoms with Gasteiger partial charge in [-0.3, -0.25) is 9.59 Å². The van der Waals surface area contributed by atoms with E-state index < -0.39 is 6.04 Å². The SMILES string of the molecule is Cc1cccc(OCC(=O)N(Cc2cccc(Cl)c2)C(Cc2ccccc2)C(=O)NC2CCCC2)c1. The highest BCUT2D eigenvalue weighted by molar-refractivity contribution is 6.30. The lowest BCUT2D eigenvalue weighted by molar-refractivity contribution is -0.143. The Balaban J connectivity index is 1.61. The van der Waals surface area contributed by atoms with E-state index in [1.165, 1.54) is 0 Å². The number of nitrogens with zero attached hydrogens (tertiary/aromatic N) is 1. The van der Waals surface area contributed by atoms with Gasteiger partial charge >= 0.3 is 0 Å². The summed E-state index contributed by atoms with van der Waals surface area (Å²) in [6.45, 7) is 2.07. The van der Waals surface area contributed by atoms with Crippen molar-refractivity contribution in [3.05, 3.63) is 101 Å². The monoisotopic (exact) mass is 504 g/mol. The average molecular weight is 505 g/mol. The summed E-state index contributed by atoms with van der Waals surface area (Å²) in [5.41, 5.74) is 2.90. The number of hydrogen-bond acceptors (Lipinski definition) is 3. The van der Waals surface area contributed by atoms with Gasteiger partial charge in [0.1, 0.15) is 11.8 Å². The van der Waals surface area contributed by atoms with Crippen LogP contribution < -0.4 is 10.1 Å². The van der Waals surface area contributed by atoms with Gasteiger partial charge in [-0.1, -0.05) is 79.0 Å². The Kier molecular flexibility index (Phi) is 9.01. The molecule has 6 heteroatoms. The molecule has 3 aromatic carbocycles. The molecule has 2 amide bonds. The maximum atomic E-state index is 13.7. The fourth-order valence-corrected chi connectivity index (χ4v) is 4.90. The van der Waals surface area contributed by atoms with E-state index >= 15 is 0 Å². The second-order valence-electron chi connectivity index (χ2n) is 9.45. The number of halogens is 1. The number of benzene rings is 3. The summed E-state index contributed by atoms with van der Waals surface area (Å²) in [7, 11) is 0. The van der Waals surface area contributed by atoms with Crippen LogP contribution >= 0.6 is 11.6 Å². The Labute approximate surface area is 218 Å². The van der Waals surface area contributed by atoms with E-state index in [0.29, 0.717) is 17.2 Å². The molecule has 1 fully saturated rings. The fourth-order valence-electron chi connectivity index (χ4n) is 4.69. The third-order valence-electron chi connectivity index (χ3n) is 6.57. The quantitative estimate of drug-likeness (QED) is 0.384. The molecule has 1 N–H and O–H groups in total. The summed E-state index contributed by atoms with van der Waals surface area (Å²) < 4.78 is 5.86. The van der Waals surface area contributed by atoms with Crippen molar-refractivity contribution in [2.45, 2.75) is 57.7 Å². The van der Waals surface area contributed by atoms with Crippen molar-refractivity contribution in [2.24, 2.45) is 0 Å². The number of amides is 2. The van der Waals surface area contributed by atoms with Gasteiger partial charge in [-0.25, -0.2) is 0 Å². The molecular weight excluding hydrogens is 472 g/mol. The molecule has 1 saturated carbocycles. The van der Waals surface area contributed by atoms with E-state index in [2.05, 4.69) is 5.32 Å². The summed E-state index contributed by atoms with van der Waals surface area (Å²) in [6.07, 6.45) is 4.59. The number of ether oxygens (including phenoxy) is 1. The van der Waals surface area contributed by atoms with Crippen LogP contribution in [-0.2, 0) is 22.6 Å². The molecule has 0 aromatic heterocycles. The largest absolute Gasteiger partial charge is 0.484 e. The molecule has 0 aliphatic heterocycles. The lowest BCUT2D eigenvalue weighted by Gasteiger charge is -2.32. The Morgan fingerprint density at radius 3 is 2.42 bits per heavy atom. The molecule has 1 atom stereocenters. The van der Waals surface area contributed by atoms with E-state index in [1.54, 1.807) is 11.0 Å². The Bertz CT molecular complexity index is 1160. The molecule has 0 saturated heterocycles. The van der Waals surface area contributed by atoms with Gasteiger partial charge < -0.3 is 15.0 Å². The number of carbonyl (C=O) groups excluding carboxylic acids is 2. The van der Waals surface area contributed by atoms with Crippen LogP contribution in [0.3, 0.4) is 0 Å². The molecule has 5 nitrogen and oxygen atoms in total. The molecule has 188 valence electrons. The molecule has 4 rings (SSSR count). The first-order valence-electron chi connectivity index (χ1n) is 12.6. The maximum absolute atomic E-state index is 13.7. The first-order chi connectivity index (χ1) is 17.5. The van der Waals surface area contributed by atoms with Crippen molar-refractivity contribution in [2.75, 3.05) is 6.61 Å². The highest BCUT2D eigenvalue weighted by atomic mass is 35.5. The standard InChI is InChI=1S/C30H33ClN2O3/c1-22-9-7-16-27(17-22)36-21-29(34)33(20-24-12-8-13-25(31)18-24)28(19-23-10-3-2-4-11-23)30(35)32-26-14-5-6-15-26/h2-4,7-13,16-18,26,28H,5-6,14-15,19-21H2,1H3,(H,32,35). The summed E-state index contributed by atoms with van der Waals surface area (Å²) in [5.74, 6) is 0.247. The fraction of sp³-hybridized carbons (Fsp3) is 0.333. The van der Waals surface area contributed by atoms with Crippen molar-refractivity contribution in [3.63, 3.8) is 0 Å². The van der Waals surface area contributed by atoms with Gasteiger partial charge in [0, 0.05) is 24.0 Å². The van der Waals surface area contributed by atoms with Crippen LogP contribution in [-0.4, -0.2) is 35.4 Å². The van der Waals surface area contributed by atoms with Gasteiger partial charge in [0.15, 0.2) is 6.61 Å². The topological polar surface area (TPSA) is 58.6 Å². The van der Waals surface area contributed by atoms with Crippen LogP contribution in [0.15, 0.2) is 78.9 Å². The number of carbonyl (C=O) groups is 2. The predicted molar refractivity (Wildman–Crippen MR) is 143 cm³/mol. The van der Waals surface area contributed by atoms with Gasteiger partial charge in [-0.05, 0) is 60.7 Å². The second kappa shape index (κ2) is 12.6. The zero-order chi connectivity index (χ0) is 25.3. The van der Waals surface area contributed by atoms with Gasteiger partial charge in [-0.2, -0.15) is 0 Å². The van der Waals surface area contributed by atoms with Crippen LogP contribution in [0.1, 0.15) is 42.4 Å². The van der Waals surface area contributed by atoms with Crippen molar-refractivity contribution in [1.82, 2.24) is 10.2 Å². The van der Waals surface area contributed by atoms with Crippen molar-refractivity contribution in [1.29, 1.82) is 0 Å². The molecular formula is C30H33ClN2O3. The molecule has 1 unspecified atom stereocenters. The lowest BCUT2D eigenvalue weighted by Crippen LogP contribution is -2.53. The number of rotatable bonds is 10.